The van der Waals surface area contributed by atoms with E-state index in [1.54, 1.807) is 24.3 Å². The van der Waals surface area contributed by atoms with Crippen molar-refractivity contribution >= 4 is 23.9 Å². The lowest BCUT2D eigenvalue weighted by atomic mass is 9.90. The van der Waals surface area contributed by atoms with E-state index in [-0.39, 0.29) is 102 Å². The van der Waals surface area contributed by atoms with E-state index in [0.717, 1.165) is 22.3 Å². The topological polar surface area (TPSA) is 179 Å². The fourth-order valence-electron chi connectivity index (χ4n) is 8.93. The lowest BCUT2D eigenvalue weighted by molar-refractivity contribution is -0.306. The van der Waals surface area contributed by atoms with E-state index in [1.807, 2.05) is 104 Å². The molecule has 0 aliphatic carbocycles. The summed E-state index contributed by atoms with van der Waals surface area (Å²) in [5.41, 5.74) is 0.514. The van der Waals surface area contributed by atoms with E-state index in [2.05, 4.69) is 0 Å². The van der Waals surface area contributed by atoms with Crippen molar-refractivity contribution in [2.45, 2.75) is 78.5 Å². The van der Waals surface area contributed by atoms with E-state index >= 15 is 0 Å². The Morgan fingerprint density at radius 1 is 0.264 bits per heavy atom. The average Bonchev–Trinajstić information content (AvgIpc) is 3.40. The molecule has 0 aromatic heterocycles. The van der Waals surface area contributed by atoms with Gasteiger partial charge in [-0.25, -0.2) is 19.2 Å². The third kappa shape index (κ3) is 10.6. The van der Waals surface area contributed by atoms with Crippen molar-refractivity contribution in [3.63, 3.8) is 0 Å². The summed E-state index contributed by atoms with van der Waals surface area (Å²) in [6.07, 6.45) is 0. The number of carbonyl (C=O) groups excluding carboxylic acids is 4. The van der Waals surface area contributed by atoms with Crippen LogP contribution in [0.5, 0.6) is 0 Å². The standard InChI is InChI=1S/C56H64O16/c1-49-25-61-45(57)41-13-9-10-14-42(41)46(58)62-26-50(2)31-69-55(7,70-32-50)39-21-23-40(24-22-39)56(8)71-35-52(4,36-72-56)28-64-48(60)44-16-12-11-15-43(44)47(59)63-27-51(3)33-67-54(6,68-34-51)38-19-17-37(18-20-38)53(5,65-29-49)66-30-49/h9-24H,25-36H2,1-8H3. The van der Waals surface area contributed by atoms with Crippen LogP contribution in [0.3, 0.4) is 0 Å². The van der Waals surface area contributed by atoms with E-state index in [1.165, 1.54) is 24.3 Å². The number of carbonyl (C=O) groups is 4. The van der Waals surface area contributed by atoms with Crippen LogP contribution in [0.1, 0.15) is 119 Å². The molecule has 0 atom stereocenters. The lowest BCUT2D eigenvalue weighted by Crippen LogP contribution is -2.48. The minimum atomic E-state index is -1.10. The van der Waals surface area contributed by atoms with Crippen molar-refractivity contribution in [3.05, 3.63) is 142 Å². The molecule has 18 rings (SSSR count). The number of esters is 4. The zero-order valence-electron chi connectivity index (χ0n) is 42.3. The van der Waals surface area contributed by atoms with E-state index in [0.29, 0.717) is 0 Å². The molecule has 0 amide bonds. The molecule has 0 spiro atoms. The number of benzene rings is 4. The summed E-state index contributed by atoms with van der Waals surface area (Å²) in [5, 5.41) is 0. The van der Waals surface area contributed by atoms with Crippen LogP contribution in [-0.4, -0.2) is 103 Å². The summed E-state index contributed by atoms with van der Waals surface area (Å²) in [5.74, 6) is -7.14. The molecule has 0 radical (unpaired) electrons. The quantitative estimate of drug-likeness (QED) is 0.121. The zero-order valence-corrected chi connectivity index (χ0v) is 42.3. The number of ether oxygens (including phenoxy) is 12. The van der Waals surface area contributed by atoms with Gasteiger partial charge in [0.2, 0.25) is 0 Å². The van der Waals surface area contributed by atoms with Crippen LogP contribution in [0.2, 0.25) is 0 Å². The highest BCUT2D eigenvalue weighted by atomic mass is 16.7. The first-order valence-electron chi connectivity index (χ1n) is 24.3. The SMILES string of the molecule is CC12COC(=O)c3ccccc3C(=O)OCC3(C)COC(C)(OC3)c3ccc(cc3)C3(C)OCC(C)(COC(=O)c4ccccc4C(=O)OCC4(C)COC(C)(OC4)c4ccc(cc4)C(C)(OC1)OC2)CO3. The Balaban J connectivity index is 0.913. The van der Waals surface area contributed by atoms with Gasteiger partial charge in [0.05, 0.1) is 75.1 Å². The monoisotopic (exact) mass is 992 g/mol. The molecule has 4 fully saturated rings. The Labute approximate surface area is 419 Å². The third-order valence-electron chi connectivity index (χ3n) is 14.4. The van der Waals surface area contributed by atoms with Crippen LogP contribution in [-0.2, 0) is 80.0 Å². The maximum atomic E-state index is 13.6. The zero-order chi connectivity index (χ0) is 51.2. The number of hydrogen-bond donors (Lipinski definition) is 0. The third-order valence-corrected chi connectivity index (χ3v) is 14.4. The van der Waals surface area contributed by atoms with Crippen molar-refractivity contribution in [2.24, 2.45) is 21.7 Å². The summed E-state index contributed by atoms with van der Waals surface area (Å²) in [6, 6.07) is 27.9. The molecule has 0 N–H and O–H groups in total. The van der Waals surface area contributed by atoms with Crippen molar-refractivity contribution in [1.82, 2.24) is 0 Å². The number of rotatable bonds is 0. The Bertz CT molecular complexity index is 2280. The Kier molecular flexibility index (Phi) is 13.8. The van der Waals surface area contributed by atoms with Crippen LogP contribution in [0.25, 0.3) is 0 Å². The number of hydrogen-bond acceptors (Lipinski definition) is 16. The maximum absolute atomic E-state index is 13.6. The van der Waals surface area contributed by atoms with Crippen molar-refractivity contribution < 1.29 is 76.0 Å². The second-order valence-electron chi connectivity index (χ2n) is 21.9. The predicted octanol–water partition coefficient (Wildman–Crippen LogP) is 8.33. The first kappa shape index (κ1) is 51.3. The highest BCUT2D eigenvalue weighted by molar-refractivity contribution is 6.04. The second-order valence-corrected chi connectivity index (χ2v) is 21.9. The molecule has 16 heteroatoms. The van der Waals surface area contributed by atoms with Crippen molar-refractivity contribution in [3.8, 4) is 0 Å². The van der Waals surface area contributed by atoms with Gasteiger partial charge in [0.25, 0.3) is 0 Å². The second kappa shape index (κ2) is 19.4. The Morgan fingerprint density at radius 2 is 0.431 bits per heavy atom. The van der Waals surface area contributed by atoms with Crippen LogP contribution in [0.15, 0.2) is 97.1 Å². The van der Waals surface area contributed by atoms with Gasteiger partial charge in [-0.3, -0.25) is 0 Å². The molecular formula is C56H64O16. The van der Waals surface area contributed by atoms with E-state index in [9.17, 15) is 19.2 Å². The van der Waals surface area contributed by atoms with Crippen LogP contribution >= 0.6 is 0 Å². The molecule has 0 unspecified atom stereocenters. The normalized spacial score (nSPS) is 35.1. The van der Waals surface area contributed by atoms with Crippen LogP contribution < -0.4 is 0 Å². The van der Waals surface area contributed by atoms with Crippen molar-refractivity contribution in [2.75, 3.05) is 79.3 Å². The molecule has 14 aliphatic rings. The van der Waals surface area contributed by atoms with Gasteiger partial charge >= 0.3 is 23.9 Å². The van der Waals surface area contributed by atoms with Gasteiger partial charge < -0.3 is 56.8 Å². The van der Waals surface area contributed by atoms with Gasteiger partial charge in [0, 0.05) is 43.9 Å². The highest BCUT2D eigenvalue weighted by Crippen LogP contribution is 2.43. The summed E-state index contributed by atoms with van der Waals surface area (Å²) in [4.78, 5) is 54.3. The largest absolute Gasteiger partial charge is 0.461 e. The molecule has 4 aromatic rings. The van der Waals surface area contributed by atoms with Crippen molar-refractivity contribution in [1.29, 1.82) is 0 Å². The summed E-state index contributed by atoms with van der Waals surface area (Å²) >= 11 is 0. The molecule has 0 saturated carbocycles. The first-order valence-corrected chi connectivity index (χ1v) is 24.3. The first-order chi connectivity index (χ1) is 34.1. The van der Waals surface area contributed by atoms with Crippen LogP contribution in [0, 0.1) is 21.7 Å². The van der Waals surface area contributed by atoms with Gasteiger partial charge in [0.15, 0.2) is 23.1 Å². The van der Waals surface area contributed by atoms with Gasteiger partial charge in [-0.15, -0.1) is 0 Å². The molecule has 72 heavy (non-hydrogen) atoms. The molecule has 4 saturated heterocycles. The predicted molar refractivity (Wildman–Crippen MR) is 256 cm³/mol. The Morgan fingerprint density at radius 3 is 0.597 bits per heavy atom. The minimum absolute atomic E-state index is 0.0358. The molecular weight excluding hydrogens is 929 g/mol. The highest BCUT2D eigenvalue weighted by Gasteiger charge is 2.47. The summed E-state index contributed by atoms with van der Waals surface area (Å²) in [6.45, 7) is 16.4. The van der Waals surface area contributed by atoms with Gasteiger partial charge in [0.1, 0.15) is 26.4 Å². The van der Waals surface area contributed by atoms with Gasteiger partial charge in [-0.2, -0.15) is 0 Å². The molecule has 16 nitrogen and oxygen atoms in total. The summed E-state index contributed by atoms with van der Waals surface area (Å²) < 4.78 is 74.0. The fourth-order valence-corrected chi connectivity index (χ4v) is 8.93. The van der Waals surface area contributed by atoms with E-state index < -0.39 is 68.7 Å². The smallest absolute Gasteiger partial charge is 0.339 e. The lowest BCUT2D eigenvalue weighted by Gasteiger charge is -2.44. The van der Waals surface area contributed by atoms with Crippen LogP contribution in [0.4, 0.5) is 0 Å². The molecule has 14 heterocycles. The molecule has 384 valence electrons. The summed E-state index contributed by atoms with van der Waals surface area (Å²) in [7, 11) is 0. The van der Waals surface area contributed by atoms with Gasteiger partial charge in [-0.1, -0.05) is 100 Å². The average molecular weight is 993 g/mol. The molecule has 12 bridgehead atoms. The van der Waals surface area contributed by atoms with Gasteiger partial charge in [-0.05, 0) is 52.0 Å². The maximum Gasteiger partial charge on any atom is 0.339 e. The Hall–Kier alpha value is -5.56. The molecule has 14 aliphatic heterocycles. The fraction of sp³-hybridized carbons (Fsp3) is 0.500. The minimum Gasteiger partial charge on any atom is -0.461 e. The van der Waals surface area contributed by atoms with E-state index in [4.69, 9.17) is 56.8 Å². The molecule has 4 aromatic carbocycles.